The van der Waals surface area contributed by atoms with Crippen LogP contribution in [0.15, 0.2) is 47.5 Å². The second-order valence-corrected chi connectivity index (χ2v) is 7.89. The van der Waals surface area contributed by atoms with E-state index in [-0.39, 0.29) is 23.7 Å². The van der Waals surface area contributed by atoms with Gasteiger partial charge >= 0.3 is 11.5 Å². The molecule has 3 rings (SSSR count). The number of benzene rings is 1. The maximum absolute atomic E-state index is 12.8. The lowest BCUT2D eigenvalue weighted by atomic mass is 10.3. The van der Waals surface area contributed by atoms with Crippen LogP contribution in [0, 0.1) is 10.1 Å². The fourth-order valence-electron chi connectivity index (χ4n) is 3.00. The number of nitrogens with one attached hydrogen (secondary N) is 1. The first-order valence-electron chi connectivity index (χ1n) is 8.56. The summed E-state index contributed by atoms with van der Waals surface area (Å²) in [7, 11) is -3.62. The normalized spacial score (nSPS) is 15.5. The summed E-state index contributed by atoms with van der Waals surface area (Å²) in [6.07, 6.45) is 1.62. The van der Waals surface area contributed by atoms with Gasteiger partial charge < -0.3 is 4.74 Å². The zero-order valence-corrected chi connectivity index (χ0v) is 15.7. The molecule has 1 aliphatic rings. The molecule has 1 N–H and O–H groups in total. The Morgan fingerprint density at radius 3 is 2.41 bits per heavy atom. The van der Waals surface area contributed by atoms with E-state index in [4.69, 9.17) is 4.74 Å². The highest BCUT2D eigenvalue weighted by Crippen LogP contribution is 2.25. The number of aromatic nitrogens is 1. The third kappa shape index (κ3) is 4.01. The Bertz CT molecular complexity index is 909. The lowest BCUT2D eigenvalue weighted by molar-refractivity contribution is -0.411. The summed E-state index contributed by atoms with van der Waals surface area (Å²) in [6, 6.07) is 9.32. The summed E-state index contributed by atoms with van der Waals surface area (Å²) in [5.41, 5.74) is -0.0275. The smallest absolute Gasteiger partial charge is 0.357 e. The van der Waals surface area contributed by atoms with Gasteiger partial charge in [-0.25, -0.2) is 13.4 Å². The molecular weight excluding hydrogens is 372 g/mol. The van der Waals surface area contributed by atoms with E-state index < -0.39 is 14.9 Å². The van der Waals surface area contributed by atoms with Gasteiger partial charge in [0, 0.05) is 6.07 Å². The Hall–Kier alpha value is -2.72. The van der Waals surface area contributed by atoms with Gasteiger partial charge in [-0.15, -0.1) is 0 Å². The Morgan fingerprint density at radius 1 is 1.15 bits per heavy atom. The van der Waals surface area contributed by atoms with Crippen molar-refractivity contribution in [3.8, 4) is 5.75 Å². The van der Waals surface area contributed by atoms with Crippen LogP contribution in [0.4, 0.5) is 11.5 Å². The van der Waals surface area contributed by atoms with Crippen LogP contribution in [0.5, 0.6) is 5.75 Å². The first-order valence-corrected chi connectivity index (χ1v) is 10.0. The Morgan fingerprint density at radius 2 is 1.81 bits per heavy atom. The Kier molecular flexibility index (Phi) is 5.57. The molecule has 1 aromatic heterocycles. The maximum atomic E-state index is 12.8. The van der Waals surface area contributed by atoms with Gasteiger partial charge in [-0.1, -0.05) is 0 Å². The summed E-state index contributed by atoms with van der Waals surface area (Å²) in [5.74, 6) is 1.01. The number of nitro groups is 1. The number of hydrogen-bond donors (Lipinski definition) is 0. The van der Waals surface area contributed by atoms with Gasteiger partial charge in [-0.2, -0.15) is 4.31 Å². The quantitative estimate of drug-likeness (QED) is 0.541. The molecule has 144 valence electrons. The Balaban J connectivity index is 1.72. The maximum Gasteiger partial charge on any atom is 0.357 e. The fourth-order valence-corrected chi connectivity index (χ4v) is 4.42. The predicted octanol–water partition coefficient (Wildman–Crippen LogP) is 1.32. The number of ether oxygens (including phenoxy) is 1. The summed E-state index contributed by atoms with van der Waals surface area (Å²) in [6.45, 7) is 3.58. The number of piperazine rings is 1. The van der Waals surface area contributed by atoms with E-state index in [1.165, 1.54) is 22.5 Å². The first-order chi connectivity index (χ1) is 12.9. The molecule has 0 atom stereocenters. The van der Waals surface area contributed by atoms with Crippen molar-refractivity contribution in [3.05, 3.63) is 52.7 Å². The fraction of sp³-hybridized carbons (Fsp3) is 0.353. The molecule has 0 amide bonds. The van der Waals surface area contributed by atoms with E-state index in [2.05, 4.69) is 4.98 Å². The van der Waals surface area contributed by atoms with Crippen molar-refractivity contribution in [1.29, 1.82) is 0 Å². The molecule has 1 aromatic carbocycles. The topological polar surface area (TPSA) is 107 Å². The molecule has 2 aromatic rings. The number of aromatic amines is 1. The highest BCUT2D eigenvalue weighted by Gasteiger charge is 2.35. The molecule has 0 radical (unpaired) electrons. The van der Waals surface area contributed by atoms with Gasteiger partial charge in [0.25, 0.3) is 0 Å². The molecule has 0 aliphatic carbocycles. The van der Waals surface area contributed by atoms with Gasteiger partial charge in [-0.05, 0) is 37.3 Å². The lowest BCUT2D eigenvalue weighted by Crippen LogP contribution is -2.50. The van der Waals surface area contributed by atoms with E-state index in [1.54, 1.807) is 29.3 Å². The third-order valence-corrected chi connectivity index (χ3v) is 6.25. The van der Waals surface area contributed by atoms with Crippen molar-refractivity contribution in [2.45, 2.75) is 11.8 Å². The molecule has 1 fully saturated rings. The molecule has 2 heterocycles. The van der Waals surface area contributed by atoms with Crippen molar-refractivity contribution < 1.29 is 23.1 Å². The average Bonchev–Trinajstić information content (AvgIpc) is 2.69. The zero-order chi connectivity index (χ0) is 19.4. The van der Waals surface area contributed by atoms with Crippen molar-refractivity contribution in [2.75, 3.05) is 37.7 Å². The summed E-state index contributed by atoms with van der Waals surface area (Å²) < 4.78 is 32.4. The number of nitrogens with zero attached hydrogens (tertiary/aromatic N) is 3. The summed E-state index contributed by atoms with van der Waals surface area (Å²) in [5, 5.41) is 11.2. The van der Waals surface area contributed by atoms with Gasteiger partial charge in [-0.3, -0.25) is 15.0 Å². The molecule has 0 spiro atoms. The predicted molar refractivity (Wildman–Crippen MR) is 98.2 cm³/mol. The number of hydrogen-bond acceptors (Lipinski definition) is 6. The monoisotopic (exact) mass is 393 g/mol. The number of pyridine rings is 1. The van der Waals surface area contributed by atoms with Crippen LogP contribution >= 0.6 is 0 Å². The van der Waals surface area contributed by atoms with Crippen LogP contribution in [0.1, 0.15) is 6.92 Å². The zero-order valence-electron chi connectivity index (χ0n) is 14.9. The summed E-state index contributed by atoms with van der Waals surface area (Å²) >= 11 is 0. The van der Waals surface area contributed by atoms with Crippen molar-refractivity contribution in [1.82, 2.24) is 4.31 Å². The van der Waals surface area contributed by atoms with E-state index in [0.717, 1.165) is 0 Å². The largest absolute Gasteiger partial charge is 0.494 e. The van der Waals surface area contributed by atoms with Crippen molar-refractivity contribution in [2.24, 2.45) is 0 Å². The highest BCUT2D eigenvalue weighted by molar-refractivity contribution is 7.89. The molecule has 1 saturated heterocycles. The second-order valence-electron chi connectivity index (χ2n) is 5.96. The minimum absolute atomic E-state index is 0.0275. The minimum atomic E-state index is -3.62. The van der Waals surface area contributed by atoms with Crippen molar-refractivity contribution >= 4 is 21.5 Å². The molecule has 9 nitrogen and oxygen atoms in total. The van der Waals surface area contributed by atoms with Gasteiger partial charge in [0.05, 0.1) is 48.8 Å². The molecule has 27 heavy (non-hydrogen) atoms. The first kappa shape index (κ1) is 19.1. The number of H-pyrrole nitrogens is 1. The van der Waals surface area contributed by atoms with Crippen LogP contribution < -0.4 is 14.6 Å². The van der Waals surface area contributed by atoms with E-state index in [1.807, 2.05) is 6.92 Å². The molecule has 0 unspecified atom stereocenters. The van der Waals surface area contributed by atoms with Gasteiger partial charge in [0.2, 0.25) is 10.0 Å². The third-order valence-electron chi connectivity index (χ3n) is 4.34. The van der Waals surface area contributed by atoms with Crippen LogP contribution in [0.2, 0.25) is 0 Å². The molecule has 0 bridgehead atoms. The van der Waals surface area contributed by atoms with Gasteiger partial charge in [0.15, 0.2) is 0 Å². The van der Waals surface area contributed by atoms with Gasteiger partial charge in [0.1, 0.15) is 5.75 Å². The molecular formula is C17H21N4O5S+. The van der Waals surface area contributed by atoms with Crippen LogP contribution in [-0.2, 0) is 10.0 Å². The molecule has 0 saturated carbocycles. The van der Waals surface area contributed by atoms with Crippen molar-refractivity contribution in [3.63, 3.8) is 0 Å². The number of rotatable bonds is 6. The lowest BCUT2D eigenvalue weighted by Gasteiger charge is -2.30. The summed E-state index contributed by atoms with van der Waals surface area (Å²) in [4.78, 5) is 15.6. The number of anilines is 1. The van der Waals surface area contributed by atoms with Crippen LogP contribution in [0.25, 0.3) is 0 Å². The van der Waals surface area contributed by atoms with E-state index >= 15 is 0 Å². The van der Waals surface area contributed by atoms with Crippen LogP contribution in [0.3, 0.4) is 0 Å². The highest BCUT2D eigenvalue weighted by atomic mass is 32.2. The Labute approximate surface area is 157 Å². The van der Waals surface area contributed by atoms with E-state index in [0.29, 0.717) is 31.3 Å². The minimum Gasteiger partial charge on any atom is -0.494 e. The average molecular weight is 393 g/mol. The van der Waals surface area contributed by atoms with E-state index in [9.17, 15) is 18.5 Å². The van der Waals surface area contributed by atoms with Crippen LogP contribution in [-0.4, -0.2) is 50.4 Å². The standard InChI is InChI=1S/C17H20N4O5S/c1-2-26-14-5-7-15(8-6-14)27(24,25)20-12-10-19(11-13-20)17-16(21(22)23)4-3-9-18-17/h3-9H,2,10-13H2,1H3/p+1. The molecule has 10 heteroatoms. The SMILES string of the molecule is CCOc1ccc(S(=O)(=O)N2CCN(c3[nH+]cccc3[N+](=O)[O-])CC2)cc1. The molecule has 1 aliphatic heterocycles. The second kappa shape index (κ2) is 7.89. The number of sulfonamides is 1.